The van der Waals surface area contributed by atoms with Gasteiger partial charge in [-0.05, 0) is 39.5 Å². The lowest BCUT2D eigenvalue weighted by Gasteiger charge is -2.35. The van der Waals surface area contributed by atoms with Gasteiger partial charge in [0.2, 0.25) is 15.9 Å². The Hall–Kier alpha value is -0.370. The third kappa shape index (κ3) is 5.31. The van der Waals surface area contributed by atoms with Gasteiger partial charge in [-0.3, -0.25) is 4.79 Å². The molecule has 1 unspecified atom stereocenters. The minimum atomic E-state index is -3.47. The van der Waals surface area contributed by atoms with Crippen molar-refractivity contribution in [3.63, 3.8) is 0 Å². The molecule has 3 N–H and O–H groups in total. The molecular formula is C15H30ClN3O3S. The van der Waals surface area contributed by atoms with Crippen LogP contribution in [-0.4, -0.2) is 49.6 Å². The first-order valence-electron chi connectivity index (χ1n) is 8.27. The summed E-state index contributed by atoms with van der Waals surface area (Å²) < 4.78 is 27.8. The van der Waals surface area contributed by atoms with Crippen LogP contribution in [0.5, 0.6) is 0 Å². The highest BCUT2D eigenvalue weighted by atomic mass is 35.5. The van der Waals surface area contributed by atoms with E-state index in [4.69, 9.17) is 5.73 Å². The normalized spacial score (nSPS) is 23.6. The highest BCUT2D eigenvalue weighted by Crippen LogP contribution is 2.28. The van der Waals surface area contributed by atoms with Crippen molar-refractivity contribution in [2.45, 2.75) is 63.2 Å². The molecule has 8 heteroatoms. The van der Waals surface area contributed by atoms with Crippen LogP contribution >= 0.6 is 12.4 Å². The fraction of sp³-hybridized carbons (Fsp3) is 0.933. The molecule has 1 aliphatic heterocycles. The van der Waals surface area contributed by atoms with Gasteiger partial charge < -0.3 is 10.6 Å². The highest BCUT2D eigenvalue weighted by Gasteiger charge is 2.37. The van der Waals surface area contributed by atoms with Crippen molar-refractivity contribution < 1.29 is 13.2 Å². The number of amides is 1. The lowest BCUT2D eigenvalue weighted by molar-refractivity contribution is -0.136. The third-order valence-corrected chi connectivity index (χ3v) is 6.86. The monoisotopic (exact) mass is 367 g/mol. The molecule has 1 saturated heterocycles. The number of carbonyl (C=O) groups excluding carboxylic acids is 1. The maximum Gasteiger partial charge on any atom is 0.225 e. The number of halogens is 1. The van der Waals surface area contributed by atoms with Crippen LogP contribution in [0.3, 0.4) is 0 Å². The summed E-state index contributed by atoms with van der Waals surface area (Å²) in [5.74, 6) is 0.255. The van der Waals surface area contributed by atoms with Crippen molar-refractivity contribution in [3.05, 3.63) is 0 Å². The molecule has 1 heterocycles. The number of sulfonamides is 1. The number of hydrogen-bond acceptors (Lipinski definition) is 4. The van der Waals surface area contributed by atoms with E-state index in [1.165, 1.54) is 0 Å². The van der Waals surface area contributed by atoms with Gasteiger partial charge >= 0.3 is 0 Å². The zero-order valence-electron chi connectivity index (χ0n) is 14.1. The Morgan fingerprint density at radius 2 is 1.83 bits per heavy atom. The van der Waals surface area contributed by atoms with E-state index in [1.807, 2.05) is 0 Å². The van der Waals surface area contributed by atoms with Gasteiger partial charge in [-0.25, -0.2) is 13.1 Å². The van der Waals surface area contributed by atoms with Gasteiger partial charge in [0.15, 0.2) is 0 Å². The van der Waals surface area contributed by atoms with Gasteiger partial charge in [0.05, 0.1) is 5.25 Å². The summed E-state index contributed by atoms with van der Waals surface area (Å²) in [6, 6.07) is 0. The SMILES string of the molecule is CC(C)(CN)NS(=O)(=O)C1CCCN(C(=O)C2CCCC2)C1.Cl. The largest absolute Gasteiger partial charge is 0.341 e. The number of nitrogens with zero attached hydrogens (tertiary/aromatic N) is 1. The molecular weight excluding hydrogens is 338 g/mol. The molecule has 6 nitrogen and oxygen atoms in total. The number of piperidine rings is 1. The van der Waals surface area contributed by atoms with Gasteiger partial charge in [-0.15, -0.1) is 12.4 Å². The van der Waals surface area contributed by atoms with Crippen molar-refractivity contribution in [3.8, 4) is 0 Å². The molecule has 136 valence electrons. The topological polar surface area (TPSA) is 92.5 Å². The van der Waals surface area contributed by atoms with Gasteiger partial charge in [-0.2, -0.15) is 0 Å². The Labute approximate surface area is 146 Å². The molecule has 2 rings (SSSR count). The minimum absolute atomic E-state index is 0. The van der Waals surface area contributed by atoms with Crippen LogP contribution in [0.1, 0.15) is 52.4 Å². The zero-order valence-corrected chi connectivity index (χ0v) is 15.7. The summed E-state index contributed by atoms with van der Waals surface area (Å²) >= 11 is 0. The lowest BCUT2D eigenvalue weighted by atomic mass is 10.0. The van der Waals surface area contributed by atoms with Gasteiger partial charge in [0.1, 0.15) is 0 Å². The van der Waals surface area contributed by atoms with E-state index in [0.717, 1.165) is 32.1 Å². The molecule has 0 aromatic carbocycles. The van der Waals surface area contributed by atoms with Gasteiger partial charge in [0.25, 0.3) is 0 Å². The van der Waals surface area contributed by atoms with Crippen LogP contribution in [-0.2, 0) is 14.8 Å². The number of nitrogens with two attached hydrogens (primary N) is 1. The third-order valence-electron chi connectivity index (χ3n) is 4.76. The molecule has 2 aliphatic rings. The summed E-state index contributed by atoms with van der Waals surface area (Å²) in [6.07, 6.45) is 5.46. The number of nitrogens with one attached hydrogen (secondary N) is 1. The number of likely N-dealkylation sites (tertiary alicyclic amines) is 1. The predicted octanol–water partition coefficient (Wildman–Crippen LogP) is 1.25. The highest BCUT2D eigenvalue weighted by molar-refractivity contribution is 7.90. The molecule has 1 aliphatic carbocycles. The molecule has 1 atom stereocenters. The summed E-state index contributed by atoms with van der Waals surface area (Å²) in [6.45, 7) is 4.78. The molecule has 23 heavy (non-hydrogen) atoms. The maximum absolute atomic E-state index is 12.5. The fourth-order valence-corrected chi connectivity index (χ4v) is 5.21. The predicted molar refractivity (Wildman–Crippen MR) is 94.0 cm³/mol. The van der Waals surface area contributed by atoms with Crippen molar-refractivity contribution in [1.29, 1.82) is 0 Å². The van der Waals surface area contributed by atoms with E-state index in [-0.39, 0.29) is 30.8 Å². The van der Waals surface area contributed by atoms with E-state index < -0.39 is 20.8 Å². The first-order valence-corrected chi connectivity index (χ1v) is 9.81. The van der Waals surface area contributed by atoms with Gasteiger partial charge in [0, 0.05) is 31.1 Å². The Balaban J connectivity index is 0.00000264. The van der Waals surface area contributed by atoms with Crippen molar-refractivity contribution in [2.24, 2.45) is 11.7 Å². The molecule has 1 saturated carbocycles. The standard InChI is InChI=1S/C15H29N3O3S.ClH/c1-15(2,11-16)17-22(20,21)13-8-5-9-18(10-13)14(19)12-6-3-4-7-12;/h12-13,17H,3-11,16H2,1-2H3;1H. The average Bonchev–Trinajstić information content (AvgIpc) is 3.00. The molecule has 1 amide bonds. The second-order valence-electron chi connectivity index (χ2n) is 7.26. The van der Waals surface area contributed by atoms with Crippen LogP contribution < -0.4 is 10.5 Å². The average molecular weight is 368 g/mol. The van der Waals surface area contributed by atoms with Crippen LogP contribution in [0.15, 0.2) is 0 Å². The quantitative estimate of drug-likeness (QED) is 0.764. The Morgan fingerprint density at radius 1 is 1.22 bits per heavy atom. The molecule has 0 radical (unpaired) electrons. The summed E-state index contributed by atoms with van der Waals surface area (Å²) in [7, 11) is -3.47. The summed E-state index contributed by atoms with van der Waals surface area (Å²) in [5, 5.41) is -0.530. The first kappa shape index (κ1) is 20.7. The van der Waals surface area contributed by atoms with E-state index in [9.17, 15) is 13.2 Å². The Bertz CT molecular complexity index is 504. The Kier molecular flexibility index (Phi) is 7.32. The minimum Gasteiger partial charge on any atom is -0.341 e. The second kappa shape index (κ2) is 8.14. The number of rotatable bonds is 5. The second-order valence-corrected chi connectivity index (χ2v) is 9.23. The molecule has 0 aromatic rings. The van der Waals surface area contributed by atoms with Crippen molar-refractivity contribution >= 4 is 28.3 Å². The lowest BCUT2D eigenvalue weighted by Crippen LogP contribution is -2.55. The van der Waals surface area contributed by atoms with Crippen molar-refractivity contribution in [1.82, 2.24) is 9.62 Å². The summed E-state index contributed by atoms with van der Waals surface area (Å²) in [5.41, 5.74) is 4.95. The summed E-state index contributed by atoms with van der Waals surface area (Å²) in [4.78, 5) is 14.3. The molecule has 0 spiro atoms. The van der Waals surface area contributed by atoms with E-state index in [2.05, 4.69) is 4.72 Å². The zero-order chi connectivity index (χ0) is 16.4. The van der Waals surface area contributed by atoms with E-state index >= 15 is 0 Å². The smallest absolute Gasteiger partial charge is 0.225 e. The van der Waals surface area contributed by atoms with E-state index in [1.54, 1.807) is 18.7 Å². The van der Waals surface area contributed by atoms with Crippen LogP contribution in [0.2, 0.25) is 0 Å². The molecule has 0 bridgehead atoms. The maximum atomic E-state index is 12.5. The fourth-order valence-electron chi connectivity index (χ4n) is 3.33. The van der Waals surface area contributed by atoms with Crippen LogP contribution in [0.25, 0.3) is 0 Å². The van der Waals surface area contributed by atoms with Crippen LogP contribution in [0.4, 0.5) is 0 Å². The number of carbonyl (C=O) groups is 1. The number of hydrogen-bond donors (Lipinski definition) is 2. The Morgan fingerprint density at radius 3 is 2.39 bits per heavy atom. The van der Waals surface area contributed by atoms with Crippen LogP contribution in [0, 0.1) is 5.92 Å². The van der Waals surface area contributed by atoms with Crippen molar-refractivity contribution in [2.75, 3.05) is 19.6 Å². The molecule has 0 aromatic heterocycles. The van der Waals surface area contributed by atoms with Gasteiger partial charge in [-0.1, -0.05) is 12.8 Å². The van der Waals surface area contributed by atoms with E-state index in [0.29, 0.717) is 19.5 Å². The molecule has 2 fully saturated rings. The first-order chi connectivity index (χ1) is 10.2.